The van der Waals surface area contributed by atoms with Crippen LogP contribution in [0.2, 0.25) is 0 Å². The standard InChI is InChI=1S/C18H25N3O3S/c1-12-5-6-25-15(12)17(23)21-10-18(11-21)9-20(7-13-3-4-13)14(8-24-18)16(22)19-2/h5-6,13-14H,3-4,7-11H2,1-2H3,(H,19,22). The summed E-state index contributed by atoms with van der Waals surface area (Å²) in [5.41, 5.74) is 0.732. The van der Waals surface area contributed by atoms with E-state index in [1.54, 1.807) is 7.05 Å². The zero-order chi connectivity index (χ0) is 17.6. The van der Waals surface area contributed by atoms with Crippen molar-refractivity contribution >= 4 is 23.2 Å². The lowest BCUT2D eigenvalue weighted by Crippen LogP contribution is -2.73. The monoisotopic (exact) mass is 363 g/mol. The molecule has 0 radical (unpaired) electrons. The third-order valence-corrected chi connectivity index (χ3v) is 6.52. The maximum Gasteiger partial charge on any atom is 0.264 e. The highest BCUT2D eigenvalue weighted by molar-refractivity contribution is 7.12. The van der Waals surface area contributed by atoms with Gasteiger partial charge in [0.2, 0.25) is 5.91 Å². The summed E-state index contributed by atoms with van der Waals surface area (Å²) in [5, 5.41) is 4.71. The molecule has 2 saturated heterocycles. The van der Waals surface area contributed by atoms with E-state index in [-0.39, 0.29) is 23.5 Å². The van der Waals surface area contributed by atoms with Gasteiger partial charge in [-0.1, -0.05) is 0 Å². The summed E-state index contributed by atoms with van der Waals surface area (Å²) in [6, 6.07) is 1.77. The Balaban J connectivity index is 1.41. The van der Waals surface area contributed by atoms with E-state index < -0.39 is 0 Å². The van der Waals surface area contributed by atoms with Crippen molar-refractivity contribution in [1.29, 1.82) is 0 Å². The van der Waals surface area contributed by atoms with Crippen LogP contribution in [-0.4, -0.2) is 73.1 Å². The van der Waals surface area contributed by atoms with Gasteiger partial charge in [-0.3, -0.25) is 14.5 Å². The molecule has 0 aromatic carbocycles. The maximum absolute atomic E-state index is 12.6. The first-order chi connectivity index (χ1) is 12.0. The molecule has 3 aliphatic rings. The van der Waals surface area contributed by atoms with Crippen molar-refractivity contribution in [1.82, 2.24) is 15.1 Å². The number of hydrogen-bond acceptors (Lipinski definition) is 5. The number of morpholine rings is 1. The van der Waals surface area contributed by atoms with Crippen molar-refractivity contribution < 1.29 is 14.3 Å². The van der Waals surface area contributed by atoms with Crippen LogP contribution in [0.3, 0.4) is 0 Å². The van der Waals surface area contributed by atoms with Gasteiger partial charge >= 0.3 is 0 Å². The molecule has 0 bridgehead atoms. The molecule has 2 aliphatic heterocycles. The minimum atomic E-state index is -0.305. The van der Waals surface area contributed by atoms with Gasteiger partial charge in [0.05, 0.1) is 24.6 Å². The number of nitrogens with one attached hydrogen (secondary N) is 1. The summed E-state index contributed by atoms with van der Waals surface area (Å²) in [6.45, 7) is 5.31. The number of ether oxygens (including phenoxy) is 1. The molecule has 1 unspecified atom stereocenters. The largest absolute Gasteiger partial charge is 0.368 e. The topological polar surface area (TPSA) is 61.9 Å². The second kappa shape index (κ2) is 6.37. The predicted octanol–water partition coefficient (Wildman–Crippen LogP) is 1.11. The number of hydrogen-bond donors (Lipinski definition) is 1. The number of carbonyl (C=O) groups is 2. The molecule has 25 heavy (non-hydrogen) atoms. The highest BCUT2D eigenvalue weighted by atomic mass is 32.1. The number of likely N-dealkylation sites (N-methyl/N-ethyl adjacent to an activating group) is 1. The number of nitrogens with zero attached hydrogens (tertiary/aromatic N) is 2. The molecule has 1 atom stereocenters. The van der Waals surface area contributed by atoms with E-state index in [0.29, 0.717) is 25.6 Å². The molecule has 6 nitrogen and oxygen atoms in total. The molecule has 3 fully saturated rings. The van der Waals surface area contributed by atoms with E-state index in [1.807, 2.05) is 23.3 Å². The van der Waals surface area contributed by atoms with E-state index in [4.69, 9.17) is 4.74 Å². The van der Waals surface area contributed by atoms with E-state index in [0.717, 1.165) is 23.5 Å². The number of rotatable bonds is 4. The minimum Gasteiger partial charge on any atom is -0.368 e. The van der Waals surface area contributed by atoms with Crippen LogP contribution in [0, 0.1) is 12.8 Å². The molecule has 2 amide bonds. The summed E-state index contributed by atoms with van der Waals surface area (Å²) in [5.74, 6) is 0.842. The van der Waals surface area contributed by atoms with Crippen LogP contribution in [0.5, 0.6) is 0 Å². The third-order valence-electron chi connectivity index (χ3n) is 5.52. The Morgan fingerprint density at radius 1 is 1.36 bits per heavy atom. The molecular formula is C18H25N3O3S. The zero-order valence-electron chi connectivity index (χ0n) is 14.8. The van der Waals surface area contributed by atoms with Gasteiger partial charge in [0.25, 0.3) is 5.91 Å². The lowest BCUT2D eigenvalue weighted by molar-refractivity contribution is -0.191. The molecule has 1 saturated carbocycles. The first-order valence-electron chi connectivity index (χ1n) is 8.94. The normalized spacial score (nSPS) is 25.7. The highest BCUT2D eigenvalue weighted by Gasteiger charge is 2.52. The van der Waals surface area contributed by atoms with Gasteiger partial charge in [-0.15, -0.1) is 11.3 Å². The van der Waals surface area contributed by atoms with Crippen molar-refractivity contribution in [2.45, 2.75) is 31.4 Å². The Labute approximate surface area is 152 Å². The molecule has 1 aromatic rings. The first-order valence-corrected chi connectivity index (χ1v) is 9.82. The van der Waals surface area contributed by atoms with Crippen molar-refractivity contribution in [2.75, 3.05) is 39.8 Å². The predicted molar refractivity (Wildman–Crippen MR) is 95.8 cm³/mol. The number of aryl methyl sites for hydroxylation is 1. The highest BCUT2D eigenvalue weighted by Crippen LogP contribution is 2.36. The molecule has 1 spiro atoms. The van der Waals surface area contributed by atoms with E-state index in [1.165, 1.54) is 24.2 Å². The quantitative estimate of drug-likeness (QED) is 0.871. The Hall–Kier alpha value is -1.44. The van der Waals surface area contributed by atoms with Gasteiger partial charge in [-0.05, 0) is 42.7 Å². The van der Waals surface area contributed by atoms with Gasteiger partial charge in [0, 0.05) is 20.1 Å². The van der Waals surface area contributed by atoms with Gasteiger partial charge in [-0.25, -0.2) is 0 Å². The average Bonchev–Trinajstić information content (AvgIpc) is 3.29. The van der Waals surface area contributed by atoms with Crippen LogP contribution in [0.4, 0.5) is 0 Å². The minimum absolute atomic E-state index is 0.0250. The van der Waals surface area contributed by atoms with Crippen LogP contribution >= 0.6 is 11.3 Å². The van der Waals surface area contributed by atoms with Crippen molar-refractivity contribution in [3.8, 4) is 0 Å². The molecule has 1 aromatic heterocycles. The molecule has 7 heteroatoms. The van der Waals surface area contributed by atoms with Crippen LogP contribution < -0.4 is 5.32 Å². The summed E-state index contributed by atoms with van der Waals surface area (Å²) in [4.78, 5) is 29.8. The summed E-state index contributed by atoms with van der Waals surface area (Å²) >= 11 is 1.50. The number of thiophene rings is 1. The second-order valence-electron chi connectivity index (χ2n) is 7.59. The fourth-order valence-corrected chi connectivity index (χ4v) is 4.73. The summed E-state index contributed by atoms with van der Waals surface area (Å²) < 4.78 is 6.10. The van der Waals surface area contributed by atoms with Crippen molar-refractivity contribution in [2.24, 2.45) is 5.92 Å². The lowest BCUT2D eigenvalue weighted by atomic mass is 9.89. The van der Waals surface area contributed by atoms with Gasteiger partial charge in [-0.2, -0.15) is 0 Å². The Kier molecular flexibility index (Phi) is 4.33. The number of amides is 2. The molecule has 1 N–H and O–H groups in total. The van der Waals surface area contributed by atoms with E-state index in [2.05, 4.69) is 10.2 Å². The van der Waals surface area contributed by atoms with Gasteiger partial charge < -0.3 is 15.0 Å². The van der Waals surface area contributed by atoms with Gasteiger partial charge in [0.15, 0.2) is 0 Å². The number of likely N-dealkylation sites (tertiary alicyclic amines) is 1. The van der Waals surface area contributed by atoms with E-state index in [9.17, 15) is 9.59 Å². The van der Waals surface area contributed by atoms with E-state index >= 15 is 0 Å². The van der Waals surface area contributed by atoms with Crippen molar-refractivity contribution in [3.63, 3.8) is 0 Å². The van der Waals surface area contributed by atoms with Crippen LogP contribution in [0.25, 0.3) is 0 Å². The van der Waals surface area contributed by atoms with Crippen LogP contribution in [-0.2, 0) is 9.53 Å². The fourth-order valence-electron chi connectivity index (χ4n) is 3.84. The van der Waals surface area contributed by atoms with Crippen LogP contribution in [0.1, 0.15) is 28.1 Å². The van der Waals surface area contributed by atoms with Crippen molar-refractivity contribution in [3.05, 3.63) is 21.9 Å². The first kappa shape index (κ1) is 17.0. The lowest BCUT2D eigenvalue weighted by Gasteiger charge is -2.55. The second-order valence-corrected chi connectivity index (χ2v) is 8.51. The molecule has 4 rings (SSSR count). The summed E-state index contributed by atoms with van der Waals surface area (Å²) in [6.07, 6.45) is 2.51. The average molecular weight is 363 g/mol. The summed E-state index contributed by atoms with van der Waals surface area (Å²) in [7, 11) is 1.68. The molecule has 3 heterocycles. The Morgan fingerprint density at radius 3 is 2.72 bits per heavy atom. The SMILES string of the molecule is CNC(=O)C1COC2(CN(C(=O)c3sccc3C)C2)CN1CC1CC1. The Bertz CT molecular complexity index is 679. The molecule has 136 valence electrons. The Morgan fingerprint density at radius 2 is 2.12 bits per heavy atom. The number of carbonyl (C=O) groups excluding carboxylic acids is 2. The van der Waals surface area contributed by atoms with Crippen LogP contribution in [0.15, 0.2) is 11.4 Å². The molecular weight excluding hydrogens is 338 g/mol. The van der Waals surface area contributed by atoms with Gasteiger partial charge in [0.1, 0.15) is 11.6 Å². The molecule has 1 aliphatic carbocycles. The smallest absolute Gasteiger partial charge is 0.264 e. The fraction of sp³-hybridized carbons (Fsp3) is 0.667. The maximum atomic E-state index is 12.6. The third kappa shape index (κ3) is 3.20. The zero-order valence-corrected chi connectivity index (χ0v) is 15.6.